The Morgan fingerprint density at radius 1 is 1.32 bits per heavy atom. The van der Waals surface area contributed by atoms with Crippen LogP contribution in [0.5, 0.6) is 5.75 Å². The maximum Gasteiger partial charge on any atom is 0.255 e. The van der Waals surface area contributed by atoms with E-state index in [4.69, 9.17) is 5.11 Å². The van der Waals surface area contributed by atoms with Gasteiger partial charge in [0.05, 0.1) is 11.6 Å². The molecule has 1 unspecified atom stereocenters. The molecule has 1 aromatic rings. The number of benzene rings is 1. The monoisotopic (exact) mass is 275 g/mol. The Kier molecular flexibility index (Phi) is 4.52. The number of hydrogen-bond donors (Lipinski definition) is 2. The molecule has 0 saturated heterocycles. The van der Waals surface area contributed by atoms with Gasteiger partial charge in [-0.1, -0.05) is 6.92 Å². The Balaban J connectivity index is 3.05. The summed E-state index contributed by atoms with van der Waals surface area (Å²) in [6.07, 6.45) is 0.160. The minimum Gasteiger partial charge on any atom is -0.503 e. The van der Waals surface area contributed by atoms with Crippen molar-refractivity contribution in [3.8, 4) is 5.75 Å². The summed E-state index contributed by atoms with van der Waals surface area (Å²) in [4.78, 5) is 22.9. The lowest BCUT2D eigenvalue weighted by molar-refractivity contribution is -0.120. The van der Waals surface area contributed by atoms with Crippen LogP contribution in [-0.2, 0) is 4.79 Å². The molecule has 0 saturated carbocycles. The maximum atomic E-state index is 13.4. The van der Waals surface area contributed by atoms with Gasteiger partial charge in [-0.25, -0.2) is 8.78 Å². The van der Waals surface area contributed by atoms with Crippen molar-refractivity contribution in [1.29, 1.82) is 0 Å². The number of ketones is 1. The van der Waals surface area contributed by atoms with E-state index in [1.54, 1.807) is 6.92 Å². The van der Waals surface area contributed by atoms with Gasteiger partial charge in [0.2, 0.25) is 5.82 Å². The molecule has 7 heteroatoms. The van der Waals surface area contributed by atoms with Gasteiger partial charge in [-0.05, 0) is 13.0 Å². The van der Waals surface area contributed by atoms with E-state index < -0.39 is 40.7 Å². The summed E-state index contributed by atoms with van der Waals surface area (Å²) in [6.45, 7) is 2.95. The lowest BCUT2D eigenvalue weighted by atomic mass is 10.1. The second kappa shape index (κ2) is 5.73. The fourth-order valence-corrected chi connectivity index (χ4v) is 1.42. The van der Waals surface area contributed by atoms with Crippen molar-refractivity contribution in [2.45, 2.75) is 26.3 Å². The van der Waals surface area contributed by atoms with Gasteiger partial charge in [0.15, 0.2) is 23.2 Å². The lowest BCUT2D eigenvalue weighted by Crippen LogP contribution is -2.38. The van der Waals surface area contributed by atoms with Crippen LogP contribution in [0.25, 0.3) is 0 Å². The van der Waals surface area contributed by atoms with Gasteiger partial charge in [0, 0.05) is 6.42 Å². The van der Waals surface area contributed by atoms with Crippen LogP contribution in [0.15, 0.2) is 6.07 Å². The molecule has 0 heterocycles. The van der Waals surface area contributed by atoms with Gasteiger partial charge in [0.1, 0.15) is 0 Å². The smallest absolute Gasteiger partial charge is 0.255 e. The fraction of sp³-hybridized carbons (Fsp3) is 0.333. The summed E-state index contributed by atoms with van der Waals surface area (Å²) in [5, 5.41) is 11.1. The normalized spacial score (nSPS) is 12.1. The van der Waals surface area contributed by atoms with E-state index in [0.717, 1.165) is 0 Å². The number of aromatic hydroxyl groups is 1. The maximum absolute atomic E-state index is 13.4. The second-order valence-corrected chi connectivity index (χ2v) is 3.90. The Bertz CT molecular complexity index is 531. The number of hydrogen-bond acceptors (Lipinski definition) is 3. The third kappa shape index (κ3) is 3.04. The highest BCUT2D eigenvalue weighted by Gasteiger charge is 2.24. The molecule has 0 fully saturated rings. The van der Waals surface area contributed by atoms with E-state index in [-0.39, 0.29) is 12.2 Å². The average Bonchev–Trinajstić information content (AvgIpc) is 2.39. The van der Waals surface area contributed by atoms with Crippen molar-refractivity contribution >= 4 is 11.7 Å². The van der Waals surface area contributed by atoms with E-state index in [2.05, 4.69) is 5.32 Å². The molecular formula is C12H12F3NO3. The summed E-state index contributed by atoms with van der Waals surface area (Å²) in [5.74, 6) is -7.89. The lowest BCUT2D eigenvalue weighted by Gasteiger charge is -2.13. The number of rotatable bonds is 4. The van der Waals surface area contributed by atoms with Crippen molar-refractivity contribution in [3.63, 3.8) is 0 Å². The first-order valence-electron chi connectivity index (χ1n) is 5.49. The van der Waals surface area contributed by atoms with Crippen LogP contribution in [0, 0.1) is 17.5 Å². The average molecular weight is 275 g/mol. The van der Waals surface area contributed by atoms with Gasteiger partial charge in [-0.3, -0.25) is 9.59 Å². The van der Waals surface area contributed by atoms with Crippen molar-refractivity contribution in [2.24, 2.45) is 0 Å². The molecule has 1 amide bonds. The molecule has 0 radical (unpaired) electrons. The highest BCUT2D eigenvalue weighted by Crippen LogP contribution is 2.25. The van der Waals surface area contributed by atoms with Gasteiger partial charge < -0.3 is 10.4 Å². The van der Waals surface area contributed by atoms with Crippen LogP contribution in [0.1, 0.15) is 30.6 Å². The van der Waals surface area contributed by atoms with Gasteiger partial charge in [-0.15, -0.1) is 0 Å². The molecule has 0 aliphatic heterocycles. The van der Waals surface area contributed by atoms with Crippen molar-refractivity contribution in [2.75, 3.05) is 0 Å². The number of carbonyl (C=O) groups is 2. The highest BCUT2D eigenvalue weighted by atomic mass is 19.2. The fourth-order valence-electron chi connectivity index (χ4n) is 1.42. The van der Waals surface area contributed by atoms with E-state index in [0.29, 0.717) is 6.07 Å². The third-order valence-corrected chi connectivity index (χ3v) is 2.56. The van der Waals surface area contributed by atoms with E-state index in [9.17, 15) is 22.8 Å². The second-order valence-electron chi connectivity index (χ2n) is 3.90. The molecule has 0 spiro atoms. The largest absolute Gasteiger partial charge is 0.503 e. The molecule has 1 aromatic carbocycles. The molecule has 19 heavy (non-hydrogen) atoms. The summed E-state index contributed by atoms with van der Waals surface area (Å²) in [6, 6.07) is -0.574. The van der Waals surface area contributed by atoms with Crippen LogP contribution >= 0.6 is 0 Å². The van der Waals surface area contributed by atoms with Crippen LogP contribution < -0.4 is 5.32 Å². The predicted molar refractivity (Wildman–Crippen MR) is 60.2 cm³/mol. The number of phenols is 1. The first kappa shape index (κ1) is 15.0. The standard InChI is InChI=1S/C12H12F3NO3/c1-3-8(17)5(2)16-12(19)6-4-7(13)10(15)11(18)9(6)14/h4-5,18H,3H2,1-2H3,(H,16,19). The number of halogens is 3. The van der Waals surface area contributed by atoms with Gasteiger partial charge in [-0.2, -0.15) is 4.39 Å². The van der Waals surface area contributed by atoms with Crippen molar-refractivity contribution < 1.29 is 27.9 Å². The predicted octanol–water partition coefficient (Wildman–Crippen LogP) is 1.91. The first-order chi connectivity index (χ1) is 8.79. The number of amides is 1. The Labute approximate surface area is 107 Å². The van der Waals surface area contributed by atoms with E-state index >= 15 is 0 Å². The topological polar surface area (TPSA) is 66.4 Å². The molecule has 4 nitrogen and oxygen atoms in total. The van der Waals surface area contributed by atoms with Crippen LogP contribution in [0.4, 0.5) is 13.2 Å². The van der Waals surface area contributed by atoms with Crippen LogP contribution in [-0.4, -0.2) is 22.8 Å². The first-order valence-corrected chi connectivity index (χ1v) is 5.49. The molecule has 0 bridgehead atoms. The molecular weight excluding hydrogens is 263 g/mol. The molecule has 1 rings (SSSR count). The van der Waals surface area contributed by atoms with Crippen LogP contribution in [0.3, 0.4) is 0 Å². The molecule has 0 aliphatic rings. The molecule has 1 atom stereocenters. The Morgan fingerprint density at radius 3 is 2.42 bits per heavy atom. The van der Waals surface area contributed by atoms with Crippen molar-refractivity contribution in [1.82, 2.24) is 5.32 Å². The van der Waals surface area contributed by atoms with Gasteiger partial charge in [0.25, 0.3) is 5.91 Å². The van der Waals surface area contributed by atoms with Gasteiger partial charge >= 0.3 is 0 Å². The zero-order valence-electron chi connectivity index (χ0n) is 10.3. The number of Topliss-reactive ketones (excluding diaryl/α,β-unsaturated/α-hetero) is 1. The summed E-state index contributed by atoms with van der Waals surface area (Å²) in [7, 11) is 0. The SMILES string of the molecule is CCC(=O)C(C)NC(=O)c1cc(F)c(F)c(O)c1F. The Morgan fingerprint density at radius 2 is 1.89 bits per heavy atom. The minimum absolute atomic E-state index is 0.160. The zero-order valence-corrected chi connectivity index (χ0v) is 10.3. The summed E-state index contributed by atoms with van der Waals surface area (Å²) in [5.41, 5.74) is -0.868. The van der Waals surface area contributed by atoms with Crippen molar-refractivity contribution in [3.05, 3.63) is 29.1 Å². The molecule has 104 valence electrons. The third-order valence-electron chi connectivity index (χ3n) is 2.56. The molecule has 0 aromatic heterocycles. The van der Waals surface area contributed by atoms with E-state index in [1.807, 2.05) is 0 Å². The quantitative estimate of drug-likeness (QED) is 0.825. The highest BCUT2D eigenvalue weighted by molar-refractivity contribution is 5.98. The summed E-state index contributed by atoms with van der Waals surface area (Å²) >= 11 is 0. The summed E-state index contributed by atoms with van der Waals surface area (Å²) < 4.78 is 39.2. The molecule has 0 aliphatic carbocycles. The van der Waals surface area contributed by atoms with Crippen LogP contribution in [0.2, 0.25) is 0 Å². The van der Waals surface area contributed by atoms with E-state index in [1.165, 1.54) is 6.92 Å². The number of carbonyl (C=O) groups excluding carboxylic acids is 2. The Hall–Kier alpha value is -2.05. The zero-order chi connectivity index (χ0) is 14.7. The minimum atomic E-state index is -1.77. The number of phenolic OH excluding ortho intramolecular Hbond substituents is 1. The molecule has 2 N–H and O–H groups in total. The number of nitrogens with one attached hydrogen (secondary N) is 1.